The maximum absolute atomic E-state index is 10.7. The number of methoxy groups -OCH3 is 1. The zero-order valence-electron chi connectivity index (χ0n) is 12.4. The fraction of sp³-hybridized carbons (Fsp3) is 0.643. The van der Waals surface area contributed by atoms with Gasteiger partial charge in [-0.15, -0.1) is 0 Å². The first kappa shape index (κ1) is 17.6. The van der Waals surface area contributed by atoms with Crippen molar-refractivity contribution in [3.63, 3.8) is 0 Å². The van der Waals surface area contributed by atoms with Gasteiger partial charge in [-0.2, -0.15) is 0 Å². The molecular formula is C14H22O7. The molecule has 1 rings (SSSR count). The Labute approximate surface area is 123 Å². The number of ether oxygens (including phenoxy) is 4. The second kappa shape index (κ2) is 10.3. The van der Waals surface area contributed by atoms with Gasteiger partial charge in [-0.1, -0.05) is 0 Å². The minimum Gasteiger partial charge on any atom is -0.475 e. The van der Waals surface area contributed by atoms with E-state index in [0.29, 0.717) is 45.4 Å². The molecule has 0 radical (unpaired) electrons. The minimum absolute atomic E-state index is 0.0927. The molecule has 1 aromatic rings. The van der Waals surface area contributed by atoms with Gasteiger partial charge in [0.25, 0.3) is 0 Å². The van der Waals surface area contributed by atoms with Crippen LogP contribution in [0.2, 0.25) is 0 Å². The highest BCUT2D eigenvalue weighted by Crippen LogP contribution is 2.19. The van der Waals surface area contributed by atoms with E-state index in [0.717, 1.165) is 0 Å². The van der Waals surface area contributed by atoms with Crippen LogP contribution in [0.3, 0.4) is 0 Å². The molecular weight excluding hydrogens is 280 g/mol. The van der Waals surface area contributed by atoms with E-state index in [1.54, 1.807) is 20.1 Å². The van der Waals surface area contributed by atoms with Crippen molar-refractivity contribution in [1.29, 1.82) is 0 Å². The van der Waals surface area contributed by atoms with Crippen molar-refractivity contribution < 1.29 is 33.3 Å². The summed E-state index contributed by atoms with van der Waals surface area (Å²) >= 11 is 0. The monoisotopic (exact) mass is 302 g/mol. The van der Waals surface area contributed by atoms with E-state index >= 15 is 0 Å². The first-order valence-corrected chi connectivity index (χ1v) is 6.74. The molecule has 0 aromatic carbocycles. The molecule has 0 saturated heterocycles. The van der Waals surface area contributed by atoms with Crippen LogP contribution in [0.25, 0.3) is 0 Å². The Morgan fingerprint density at radius 2 is 1.76 bits per heavy atom. The third kappa shape index (κ3) is 7.24. The molecule has 1 unspecified atom stereocenters. The molecule has 0 aliphatic rings. The number of carboxylic acids is 1. The second-order valence-electron chi connectivity index (χ2n) is 4.24. The minimum atomic E-state index is -1.09. The van der Waals surface area contributed by atoms with Gasteiger partial charge in [-0.25, -0.2) is 4.79 Å². The number of rotatable bonds is 12. The number of hydrogen-bond acceptors (Lipinski definition) is 6. The topological polar surface area (TPSA) is 87.4 Å². The van der Waals surface area contributed by atoms with E-state index in [-0.39, 0.29) is 11.9 Å². The van der Waals surface area contributed by atoms with Crippen molar-refractivity contribution in [2.75, 3.05) is 46.8 Å². The van der Waals surface area contributed by atoms with Crippen molar-refractivity contribution in [3.05, 3.63) is 23.7 Å². The molecule has 0 saturated carbocycles. The van der Waals surface area contributed by atoms with Gasteiger partial charge in [0.1, 0.15) is 11.9 Å². The van der Waals surface area contributed by atoms with Crippen molar-refractivity contribution >= 4 is 5.97 Å². The summed E-state index contributed by atoms with van der Waals surface area (Å²) in [5, 5.41) is 8.76. The van der Waals surface area contributed by atoms with Gasteiger partial charge in [-0.05, 0) is 19.1 Å². The van der Waals surface area contributed by atoms with Crippen LogP contribution in [0.15, 0.2) is 16.5 Å². The number of carboxylic acid groups (broad SMARTS) is 1. The average Bonchev–Trinajstić information content (AvgIpc) is 2.95. The highest BCUT2D eigenvalue weighted by atomic mass is 16.6. The molecule has 0 amide bonds. The van der Waals surface area contributed by atoms with E-state index in [9.17, 15) is 4.79 Å². The Kier molecular flexibility index (Phi) is 8.68. The number of aromatic carboxylic acids is 1. The van der Waals surface area contributed by atoms with Gasteiger partial charge in [0.2, 0.25) is 5.76 Å². The summed E-state index contributed by atoms with van der Waals surface area (Å²) in [5.74, 6) is -0.703. The standard InChI is InChI=1S/C14H22O7/c1-11(12-3-4-13(21-12)14(15)16)20-10-9-19-8-7-18-6-5-17-2/h3-4,11H,5-10H2,1-2H3,(H,15,16). The van der Waals surface area contributed by atoms with Crippen LogP contribution < -0.4 is 0 Å². The van der Waals surface area contributed by atoms with E-state index < -0.39 is 5.97 Å². The lowest BCUT2D eigenvalue weighted by atomic mass is 10.3. The highest BCUT2D eigenvalue weighted by Gasteiger charge is 2.14. The molecule has 0 fully saturated rings. The predicted octanol–water partition coefficient (Wildman–Crippen LogP) is 1.74. The van der Waals surface area contributed by atoms with Gasteiger partial charge >= 0.3 is 5.97 Å². The lowest BCUT2D eigenvalue weighted by Crippen LogP contribution is -2.12. The molecule has 7 heteroatoms. The van der Waals surface area contributed by atoms with Crippen LogP contribution in [0, 0.1) is 0 Å². The Morgan fingerprint density at radius 1 is 1.14 bits per heavy atom. The zero-order chi connectivity index (χ0) is 15.5. The van der Waals surface area contributed by atoms with Gasteiger partial charge in [0.15, 0.2) is 0 Å². The predicted molar refractivity (Wildman–Crippen MR) is 73.5 cm³/mol. The molecule has 0 aliphatic carbocycles. The lowest BCUT2D eigenvalue weighted by molar-refractivity contribution is -0.0173. The molecule has 1 N–H and O–H groups in total. The largest absolute Gasteiger partial charge is 0.475 e. The summed E-state index contributed by atoms with van der Waals surface area (Å²) < 4.78 is 26.0. The number of furan rings is 1. The Hall–Kier alpha value is -1.41. The molecule has 1 atom stereocenters. The average molecular weight is 302 g/mol. The summed E-state index contributed by atoms with van der Waals surface area (Å²) in [6.07, 6.45) is -0.320. The Balaban J connectivity index is 2.05. The molecule has 7 nitrogen and oxygen atoms in total. The zero-order valence-corrected chi connectivity index (χ0v) is 12.4. The van der Waals surface area contributed by atoms with Crippen molar-refractivity contribution in [1.82, 2.24) is 0 Å². The van der Waals surface area contributed by atoms with E-state index in [1.807, 2.05) is 0 Å². The molecule has 1 heterocycles. The lowest BCUT2D eigenvalue weighted by Gasteiger charge is -2.11. The SMILES string of the molecule is COCCOCCOCCOC(C)c1ccc(C(=O)O)o1. The summed E-state index contributed by atoms with van der Waals surface area (Å²) in [6.45, 7) is 4.75. The fourth-order valence-corrected chi connectivity index (χ4v) is 1.52. The quantitative estimate of drug-likeness (QED) is 0.588. The molecule has 1 aromatic heterocycles. The molecule has 0 bridgehead atoms. The summed E-state index contributed by atoms with van der Waals surface area (Å²) in [7, 11) is 1.62. The van der Waals surface area contributed by atoms with E-state index in [2.05, 4.69) is 0 Å². The molecule has 21 heavy (non-hydrogen) atoms. The summed E-state index contributed by atoms with van der Waals surface area (Å²) in [6, 6.07) is 3.00. The van der Waals surface area contributed by atoms with Gasteiger partial charge in [0.05, 0.1) is 39.6 Å². The van der Waals surface area contributed by atoms with Crippen LogP contribution in [0.1, 0.15) is 29.3 Å². The van der Waals surface area contributed by atoms with Crippen molar-refractivity contribution in [2.45, 2.75) is 13.0 Å². The van der Waals surface area contributed by atoms with Gasteiger partial charge < -0.3 is 28.5 Å². The Bertz CT molecular complexity index is 402. The van der Waals surface area contributed by atoms with Crippen LogP contribution in [0.4, 0.5) is 0 Å². The number of carbonyl (C=O) groups is 1. The maximum Gasteiger partial charge on any atom is 0.371 e. The first-order chi connectivity index (χ1) is 10.1. The molecule has 0 spiro atoms. The normalized spacial score (nSPS) is 12.5. The molecule has 120 valence electrons. The number of hydrogen-bond donors (Lipinski definition) is 1. The highest BCUT2D eigenvalue weighted by molar-refractivity contribution is 5.84. The molecule has 0 aliphatic heterocycles. The van der Waals surface area contributed by atoms with Crippen LogP contribution in [-0.2, 0) is 18.9 Å². The van der Waals surface area contributed by atoms with Crippen molar-refractivity contribution in [2.24, 2.45) is 0 Å². The summed E-state index contributed by atoms with van der Waals surface area (Å²) in [5.41, 5.74) is 0. The van der Waals surface area contributed by atoms with E-state index in [1.165, 1.54) is 6.07 Å². The third-order valence-electron chi connectivity index (χ3n) is 2.64. The van der Waals surface area contributed by atoms with Gasteiger partial charge in [-0.3, -0.25) is 0 Å². The van der Waals surface area contributed by atoms with Crippen LogP contribution in [-0.4, -0.2) is 57.8 Å². The first-order valence-electron chi connectivity index (χ1n) is 6.74. The summed E-state index contributed by atoms with van der Waals surface area (Å²) in [4.78, 5) is 10.7. The Morgan fingerprint density at radius 3 is 2.33 bits per heavy atom. The van der Waals surface area contributed by atoms with E-state index in [4.69, 9.17) is 28.5 Å². The van der Waals surface area contributed by atoms with Gasteiger partial charge in [0, 0.05) is 7.11 Å². The fourth-order valence-electron chi connectivity index (χ4n) is 1.52. The van der Waals surface area contributed by atoms with Crippen molar-refractivity contribution in [3.8, 4) is 0 Å². The van der Waals surface area contributed by atoms with Crippen LogP contribution >= 0.6 is 0 Å². The third-order valence-corrected chi connectivity index (χ3v) is 2.64. The van der Waals surface area contributed by atoms with Crippen LogP contribution in [0.5, 0.6) is 0 Å². The second-order valence-corrected chi connectivity index (χ2v) is 4.24. The maximum atomic E-state index is 10.7. The smallest absolute Gasteiger partial charge is 0.371 e.